The lowest BCUT2D eigenvalue weighted by molar-refractivity contribution is 0.0910. The molecule has 0 aliphatic rings. The molecular weight excluding hydrogens is 204 g/mol. The van der Waals surface area contributed by atoms with Gasteiger partial charge in [0.1, 0.15) is 0 Å². The molecule has 1 rings (SSSR count). The highest BCUT2D eigenvalue weighted by Crippen LogP contribution is 2.00. The van der Waals surface area contributed by atoms with Crippen LogP contribution in [-0.2, 0) is 0 Å². The van der Waals surface area contributed by atoms with Crippen LogP contribution in [0.4, 0.5) is 0 Å². The van der Waals surface area contributed by atoms with Crippen molar-refractivity contribution in [3.63, 3.8) is 0 Å². The number of carbonyl (C=O) groups excluding carboxylic acids is 1. The first kappa shape index (κ1) is 12.6. The molecule has 0 radical (unpaired) electrons. The van der Waals surface area contributed by atoms with Crippen LogP contribution in [-0.4, -0.2) is 28.6 Å². The second-order valence-electron chi connectivity index (χ2n) is 3.84. The van der Waals surface area contributed by atoms with Gasteiger partial charge in [-0.05, 0) is 25.5 Å². The molecule has 0 saturated heterocycles. The second kappa shape index (κ2) is 6.23. The Morgan fingerprint density at radius 1 is 1.56 bits per heavy atom. The van der Waals surface area contributed by atoms with Crippen LogP contribution in [0.2, 0.25) is 0 Å². The average molecular weight is 222 g/mol. The molecule has 1 aromatic rings. The zero-order valence-corrected chi connectivity index (χ0v) is 9.73. The van der Waals surface area contributed by atoms with Gasteiger partial charge in [0.15, 0.2) is 0 Å². The molecule has 4 nitrogen and oxygen atoms in total. The van der Waals surface area contributed by atoms with E-state index in [-0.39, 0.29) is 5.91 Å². The number of aliphatic hydroxyl groups excluding tert-OH is 1. The predicted octanol–water partition coefficient (Wildman–Crippen LogP) is 1.28. The van der Waals surface area contributed by atoms with Crippen LogP contribution in [0.5, 0.6) is 0 Å². The number of aliphatic hydroxyl groups is 1. The Labute approximate surface area is 95.7 Å². The number of carbonyl (C=O) groups is 1. The molecule has 0 spiro atoms. The molecule has 0 fully saturated rings. The molecule has 4 heteroatoms. The Morgan fingerprint density at radius 3 is 2.88 bits per heavy atom. The van der Waals surface area contributed by atoms with Gasteiger partial charge in [0.05, 0.1) is 11.7 Å². The van der Waals surface area contributed by atoms with Crippen molar-refractivity contribution in [3.8, 4) is 0 Å². The molecule has 1 heterocycles. The third-order valence-corrected chi connectivity index (χ3v) is 2.29. The van der Waals surface area contributed by atoms with Gasteiger partial charge in [0.25, 0.3) is 5.91 Å². The molecule has 1 amide bonds. The Morgan fingerprint density at radius 2 is 2.31 bits per heavy atom. The molecule has 1 unspecified atom stereocenters. The van der Waals surface area contributed by atoms with Crippen LogP contribution in [0, 0.1) is 6.92 Å². The molecule has 88 valence electrons. The summed E-state index contributed by atoms with van der Waals surface area (Å²) in [5.74, 6) is -0.192. The summed E-state index contributed by atoms with van der Waals surface area (Å²) in [6.45, 7) is 4.15. The Balaban J connectivity index is 2.43. The normalized spacial score (nSPS) is 12.2. The minimum atomic E-state index is -0.465. The summed E-state index contributed by atoms with van der Waals surface area (Å²) in [4.78, 5) is 15.6. The molecule has 16 heavy (non-hydrogen) atoms. The van der Waals surface area contributed by atoms with Crippen LogP contribution in [0.3, 0.4) is 0 Å². The maximum absolute atomic E-state index is 11.6. The minimum Gasteiger partial charge on any atom is -0.391 e. The highest BCUT2D eigenvalue weighted by molar-refractivity contribution is 5.93. The second-order valence-corrected chi connectivity index (χ2v) is 3.84. The van der Waals surface area contributed by atoms with Gasteiger partial charge in [-0.15, -0.1) is 0 Å². The van der Waals surface area contributed by atoms with E-state index in [1.807, 2.05) is 13.8 Å². The number of hydrogen-bond donors (Lipinski definition) is 2. The largest absolute Gasteiger partial charge is 0.391 e. The number of nitrogens with zero attached hydrogens (tertiary/aromatic N) is 1. The molecule has 0 saturated carbocycles. The molecular formula is C12H18N2O2. The van der Waals surface area contributed by atoms with E-state index in [9.17, 15) is 9.90 Å². The summed E-state index contributed by atoms with van der Waals surface area (Å²) < 4.78 is 0. The SMILES string of the molecule is CCCC(O)CNC(=O)c1ccc(C)nc1. The first-order valence-corrected chi connectivity index (χ1v) is 5.52. The van der Waals surface area contributed by atoms with Gasteiger partial charge >= 0.3 is 0 Å². The number of rotatable bonds is 5. The topological polar surface area (TPSA) is 62.2 Å². The van der Waals surface area contributed by atoms with E-state index in [0.717, 1.165) is 12.1 Å². The van der Waals surface area contributed by atoms with E-state index in [2.05, 4.69) is 10.3 Å². The van der Waals surface area contributed by atoms with Crippen molar-refractivity contribution in [2.24, 2.45) is 0 Å². The lowest BCUT2D eigenvalue weighted by Crippen LogP contribution is -2.32. The van der Waals surface area contributed by atoms with E-state index in [1.165, 1.54) is 6.20 Å². The summed E-state index contributed by atoms with van der Waals surface area (Å²) in [6, 6.07) is 3.52. The number of hydrogen-bond acceptors (Lipinski definition) is 3. The number of amides is 1. The highest BCUT2D eigenvalue weighted by atomic mass is 16.3. The highest BCUT2D eigenvalue weighted by Gasteiger charge is 2.08. The summed E-state index contributed by atoms with van der Waals surface area (Å²) in [5.41, 5.74) is 1.40. The summed E-state index contributed by atoms with van der Waals surface area (Å²) in [7, 11) is 0. The van der Waals surface area contributed by atoms with E-state index in [1.54, 1.807) is 12.1 Å². The van der Waals surface area contributed by atoms with Crippen LogP contribution in [0.25, 0.3) is 0 Å². The van der Waals surface area contributed by atoms with Crippen molar-refractivity contribution < 1.29 is 9.90 Å². The molecule has 0 aliphatic heterocycles. The van der Waals surface area contributed by atoms with Gasteiger partial charge in [-0.3, -0.25) is 9.78 Å². The molecule has 1 atom stereocenters. The quantitative estimate of drug-likeness (QED) is 0.789. The summed E-state index contributed by atoms with van der Waals surface area (Å²) >= 11 is 0. The van der Waals surface area contributed by atoms with Crippen molar-refractivity contribution in [2.75, 3.05) is 6.54 Å². The van der Waals surface area contributed by atoms with Crippen molar-refractivity contribution in [3.05, 3.63) is 29.6 Å². The average Bonchev–Trinajstić information content (AvgIpc) is 2.27. The fourth-order valence-electron chi connectivity index (χ4n) is 1.35. The smallest absolute Gasteiger partial charge is 0.252 e. The zero-order chi connectivity index (χ0) is 12.0. The molecule has 2 N–H and O–H groups in total. The molecule has 0 bridgehead atoms. The van der Waals surface area contributed by atoms with Gasteiger partial charge in [-0.2, -0.15) is 0 Å². The van der Waals surface area contributed by atoms with Gasteiger partial charge < -0.3 is 10.4 Å². The van der Waals surface area contributed by atoms with Crippen molar-refractivity contribution >= 4 is 5.91 Å². The fourth-order valence-corrected chi connectivity index (χ4v) is 1.35. The van der Waals surface area contributed by atoms with Gasteiger partial charge in [0, 0.05) is 18.4 Å². The predicted molar refractivity (Wildman–Crippen MR) is 62.2 cm³/mol. The van der Waals surface area contributed by atoms with Gasteiger partial charge in [-0.25, -0.2) is 0 Å². The number of aromatic nitrogens is 1. The van der Waals surface area contributed by atoms with Crippen LogP contribution in [0.15, 0.2) is 18.3 Å². The number of pyridine rings is 1. The first-order chi connectivity index (χ1) is 7.63. The standard InChI is InChI=1S/C12H18N2O2/c1-3-4-11(15)8-14-12(16)10-6-5-9(2)13-7-10/h5-7,11,15H,3-4,8H2,1-2H3,(H,14,16). The van der Waals surface area contributed by atoms with Gasteiger partial charge in [-0.1, -0.05) is 13.3 Å². The molecule has 0 aliphatic carbocycles. The minimum absolute atomic E-state index is 0.192. The summed E-state index contributed by atoms with van der Waals surface area (Å²) in [5, 5.41) is 12.1. The van der Waals surface area contributed by atoms with Crippen LogP contribution in [0.1, 0.15) is 35.8 Å². The Bertz CT molecular complexity index is 335. The number of nitrogens with one attached hydrogen (secondary N) is 1. The summed E-state index contributed by atoms with van der Waals surface area (Å²) in [6.07, 6.45) is 2.68. The zero-order valence-electron chi connectivity index (χ0n) is 9.73. The fraction of sp³-hybridized carbons (Fsp3) is 0.500. The van der Waals surface area contributed by atoms with Crippen molar-refractivity contribution in [2.45, 2.75) is 32.8 Å². The van der Waals surface area contributed by atoms with Crippen molar-refractivity contribution in [1.29, 1.82) is 0 Å². The maximum Gasteiger partial charge on any atom is 0.252 e. The van der Waals surface area contributed by atoms with E-state index in [0.29, 0.717) is 18.5 Å². The third-order valence-electron chi connectivity index (χ3n) is 2.29. The lowest BCUT2D eigenvalue weighted by atomic mass is 10.2. The van der Waals surface area contributed by atoms with E-state index in [4.69, 9.17) is 0 Å². The van der Waals surface area contributed by atoms with E-state index < -0.39 is 6.10 Å². The van der Waals surface area contributed by atoms with E-state index >= 15 is 0 Å². The Hall–Kier alpha value is -1.42. The third kappa shape index (κ3) is 3.98. The van der Waals surface area contributed by atoms with Gasteiger partial charge in [0.2, 0.25) is 0 Å². The molecule has 1 aromatic heterocycles. The first-order valence-electron chi connectivity index (χ1n) is 5.52. The lowest BCUT2D eigenvalue weighted by Gasteiger charge is -2.10. The van der Waals surface area contributed by atoms with Crippen molar-refractivity contribution in [1.82, 2.24) is 10.3 Å². The number of aryl methyl sites for hydroxylation is 1. The van der Waals surface area contributed by atoms with Crippen LogP contribution >= 0.6 is 0 Å². The Kier molecular flexibility index (Phi) is 4.92. The maximum atomic E-state index is 11.6. The monoisotopic (exact) mass is 222 g/mol. The molecule has 0 aromatic carbocycles. The van der Waals surface area contributed by atoms with Crippen LogP contribution < -0.4 is 5.32 Å².